The monoisotopic (exact) mass is 272 g/mol. The minimum absolute atomic E-state index is 0.0633. The molecule has 1 aromatic heterocycles. The van der Waals surface area contributed by atoms with Crippen molar-refractivity contribution in [1.82, 2.24) is 4.98 Å². The molecule has 0 saturated carbocycles. The highest BCUT2D eigenvalue weighted by Gasteiger charge is 2.13. The van der Waals surface area contributed by atoms with Crippen LogP contribution in [-0.4, -0.2) is 30.5 Å². The van der Waals surface area contributed by atoms with Crippen LogP contribution in [0.15, 0.2) is 22.8 Å². The van der Waals surface area contributed by atoms with Gasteiger partial charge in [0.25, 0.3) is 0 Å². The molecule has 0 aliphatic heterocycles. The fraction of sp³-hybridized carbons (Fsp3) is 0.400. The first-order valence-corrected chi connectivity index (χ1v) is 5.30. The number of hydrogen-bond acceptors (Lipinski definition) is 4. The van der Waals surface area contributed by atoms with Gasteiger partial charge in [-0.15, -0.1) is 0 Å². The van der Waals surface area contributed by atoms with Gasteiger partial charge in [-0.25, -0.2) is 0 Å². The third kappa shape index (κ3) is 4.07. The van der Waals surface area contributed by atoms with E-state index in [0.29, 0.717) is 0 Å². The molecule has 0 aromatic carbocycles. The van der Waals surface area contributed by atoms with Crippen molar-refractivity contribution in [3.8, 4) is 0 Å². The van der Waals surface area contributed by atoms with Crippen molar-refractivity contribution in [2.24, 2.45) is 5.73 Å². The lowest BCUT2D eigenvalue weighted by Gasteiger charge is -2.08. The topological polar surface area (TPSA) is 65.2 Å². The van der Waals surface area contributed by atoms with Gasteiger partial charge in [-0.3, -0.25) is 9.78 Å². The lowest BCUT2D eigenvalue weighted by molar-refractivity contribution is -0.120. The predicted octanol–water partition coefficient (Wildman–Crippen LogP) is 0.929. The van der Waals surface area contributed by atoms with E-state index in [1.54, 1.807) is 12.3 Å². The van der Waals surface area contributed by atoms with Gasteiger partial charge in [0.2, 0.25) is 0 Å². The molecule has 0 saturated heterocycles. The highest BCUT2D eigenvalue weighted by Crippen LogP contribution is 2.08. The summed E-state index contributed by atoms with van der Waals surface area (Å²) in [5, 5.41) is 0. The number of ether oxygens (including phenoxy) is 1. The molecular formula is C10H13BrN2O2. The number of methoxy groups -OCH3 is 1. The van der Waals surface area contributed by atoms with Crippen molar-refractivity contribution in [1.29, 1.82) is 0 Å². The fourth-order valence-electron chi connectivity index (χ4n) is 1.09. The zero-order valence-electron chi connectivity index (χ0n) is 8.44. The Morgan fingerprint density at radius 2 is 2.40 bits per heavy atom. The molecule has 0 aliphatic carbocycles. The maximum Gasteiger partial charge on any atom is 0.157 e. The lowest BCUT2D eigenvalue weighted by Crippen LogP contribution is -2.36. The van der Waals surface area contributed by atoms with Gasteiger partial charge in [0.05, 0.1) is 19.1 Å². The first kappa shape index (κ1) is 12.3. The molecule has 4 nitrogen and oxygen atoms in total. The van der Waals surface area contributed by atoms with Crippen LogP contribution in [0.3, 0.4) is 0 Å². The maximum absolute atomic E-state index is 11.5. The van der Waals surface area contributed by atoms with Crippen molar-refractivity contribution < 1.29 is 9.53 Å². The summed E-state index contributed by atoms with van der Waals surface area (Å²) in [6.07, 6.45) is 1.91. The van der Waals surface area contributed by atoms with Crippen molar-refractivity contribution in [3.05, 3.63) is 28.5 Å². The van der Waals surface area contributed by atoms with Crippen molar-refractivity contribution in [3.63, 3.8) is 0 Å². The van der Waals surface area contributed by atoms with Gasteiger partial charge in [-0.05, 0) is 28.1 Å². The Labute approximate surface area is 97.0 Å². The van der Waals surface area contributed by atoms with Crippen LogP contribution in [0.1, 0.15) is 5.69 Å². The fourth-order valence-corrected chi connectivity index (χ4v) is 1.33. The average molecular weight is 273 g/mol. The minimum atomic E-state index is -0.569. The molecule has 1 heterocycles. The van der Waals surface area contributed by atoms with Gasteiger partial charge in [0, 0.05) is 23.5 Å². The summed E-state index contributed by atoms with van der Waals surface area (Å²) >= 11 is 3.27. The molecule has 2 N–H and O–H groups in total. The van der Waals surface area contributed by atoms with E-state index in [9.17, 15) is 4.79 Å². The summed E-state index contributed by atoms with van der Waals surface area (Å²) in [5.74, 6) is -0.0633. The molecular weight excluding hydrogens is 260 g/mol. The maximum atomic E-state index is 11.5. The van der Waals surface area contributed by atoms with E-state index in [-0.39, 0.29) is 18.8 Å². The Morgan fingerprint density at radius 3 is 2.93 bits per heavy atom. The second-order valence-electron chi connectivity index (χ2n) is 3.17. The Hall–Kier alpha value is -0.780. The van der Waals surface area contributed by atoms with Crippen molar-refractivity contribution in [2.45, 2.75) is 12.5 Å². The molecule has 0 fully saturated rings. The summed E-state index contributed by atoms with van der Waals surface area (Å²) in [6.45, 7) is 0.245. The van der Waals surface area contributed by atoms with Gasteiger partial charge in [0.1, 0.15) is 0 Å². The quantitative estimate of drug-likeness (QED) is 0.866. The number of rotatable bonds is 5. The van der Waals surface area contributed by atoms with Crippen LogP contribution in [0.25, 0.3) is 0 Å². The first-order chi connectivity index (χ1) is 7.13. The second-order valence-corrected chi connectivity index (χ2v) is 4.09. The Morgan fingerprint density at radius 1 is 1.67 bits per heavy atom. The molecule has 1 atom stereocenters. The van der Waals surface area contributed by atoms with E-state index >= 15 is 0 Å². The van der Waals surface area contributed by atoms with Gasteiger partial charge in [0.15, 0.2) is 5.78 Å². The first-order valence-electron chi connectivity index (χ1n) is 4.51. The predicted molar refractivity (Wildman–Crippen MR) is 60.5 cm³/mol. The van der Waals surface area contributed by atoms with E-state index in [2.05, 4.69) is 20.9 Å². The molecule has 0 bridgehead atoms. The van der Waals surface area contributed by atoms with Crippen LogP contribution < -0.4 is 5.73 Å². The number of carbonyl (C=O) groups is 1. The van der Waals surface area contributed by atoms with Crippen LogP contribution in [0.2, 0.25) is 0 Å². The number of nitrogens with two attached hydrogens (primary N) is 1. The molecule has 0 spiro atoms. The van der Waals surface area contributed by atoms with E-state index < -0.39 is 6.04 Å². The summed E-state index contributed by atoms with van der Waals surface area (Å²) < 4.78 is 5.70. The second kappa shape index (κ2) is 5.95. The Bertz CT molecular complexity index is 327. The zero-order valence-corrected chi connectivity index (χ0v) is 10.0. The lowest BCUT2D eigenvalue weighted by atomic mass is 10.1. The Kier molecular flexibility index (Phi) is 4.87. The van der Waals surface area contributed by atoms with Crippen LogP contribution in [0.4, 0.5) is 0 Å². The number of Topliss-reactive ketones (excluding diaryl/α,β-unsaturated/α-hetero) is 1. The van der Waals surface area contributed by atoms with E-state index in [0.717, 1.165) is 10.2 Å². The van der Waals surface area contributed by atoms with E-state index in [1.165, 1.54) is 7.11 Å². The van der Waals surface area contributed by atoms with E-state index in [1.807, 2.05) is 6.07 Å². The molecule has 1 rings (SSSR count). The van der Waals surface area contributed by atoms with Gasteiger partial charge in [-0.2, -0.15) is 0 Å². The Balaban J connectivity index is 2.54. The summed E-state index contributed by atoms with van der Waals surface area (Å²) in [5.41, 5.74) is 6.31. The normalized spacial score (nSPS) is 12.5. The number of aromatic nitrogens is 1. The number of halogens is 1. The van der Waals surface area contributed by atoms with Crippen LogP contribution in [0.5, 0.6) is 0 Å². The highest BCUT2D eigenvalue weighted by atomic mass is 79.9. The number of pyridine rings is 1. The van der Waals surface area contributed by atoms with Crippen molar-refractivity contribution in [2.75, 3.05) is 13.7 Å². The van der Waals surface area contributed by atoms with Crippen LogP contribution in [0, 0.1) is 0 Å². The summed E-state index contributed by atoms with van der Waals surface area (Å²) in [6, 6.07) is 3.07. The number of nitrogens with zero attached hydrogens (tertiary/aromatic N) is 1. The molecule has 0 amide bonds. The molecule has 15 heavy (non-hydrogen) atoms. The summed E-state index contributed by atoms with van der Waals surface area (Å²) in [4.78, 5) is 15.6. The minimum Gasteiger partial charge on any atom is -0.383 e. The zero-order chi connectivity index (χ0) is 11.3. The van der Waals surface area contributed by atoms with E-state index in [4.69, 9.17) is 10.5 Å². The smallest absolute Gasteiger partial charge is 0.157 e. The molecule has 5 heteroatoms. The van der Waals surface area contributed by atoms with Gasteiger partial charge < -0.3 is 10.5 Å². The third-order valence-electron chi connectivity index (χ3n) is 1.90. The van der Waals surface area contributed by atoms with Gasteiger partial charge >= 0.3 is 0 Å². The summed E-state index contributed by atoms with van der Waals surface area (Å²) in [7, 11) is 1.52. The van der Waals surface area contributed by atoms with Crippen LogP contribution in [-0.2, 0) is 16.0 Å². The number of ketones is 1. The largest absolute Gasteiger partial charge is 0.383 e. The van der Waals surface area contributed by atoms with Gasteiger partial charge in [-0.1, -0.05) is 0 Å². The molecule has 0 aliphatic rings. The molecule has 1 aromatic rings. The highest BCUT2D eigenvalue weighted by molar-refractivity contribution is 9.10. The number of hydrogen-bond donors (Lipinski definition) is 1. The average Bonchev–Trinajstić information content (AvgIpc) is 2.22. The molecule has 1 unspecified atom stereocenters. The van der Waals surface area contributed by atoms with Crippen molar-refractivity contribution >= 4 is 21.7 Å². The number of carbonyl (C=O) groups excluding carboxylic acids is 1. The van der Waals surface area contributed by atoms with Crippen LogP contribution >= 0.6 is 15.9 Å². The molecule has 82 valence electrons. The standard InChI is InChI=1S/C10H13BrN2O2/c1-15-6-9(12)10(14)4-8-3-2-7(11)5-13-8/h2-3,5,9H,4,6,12H2,1H3. The third-order valence-corrected chi connectivity index (χ3v) is 2.37. The SMILES string of the molecule is COCC(N)C(=O)Cc1ccc(Br)cn1. The molecule has 0 radical (unpaired) electrons.